The molecule has 0 aliphatic carbocycles. The number of thioether (sulfide) groups is 1. The third-order valence-corrected chi connectivity index (χ3v) is 3.02. The molecule has 0 saturated heterocycles. The predicted octanol–water partition coefficient (Wildman–Crippen LogP) is -0.0166. The van der Waals surface area contributed by atoms with Crippen LogP contribution in [-0.4, -0.2) is 41.9 Å². The number of rotatable bonds is 6. The molecule has 0 bridgehead atoms. The fourth-order valence-electron chi connectivity index (χ4n) is 1.31. The van der Waals surface area contributed by atoms with Gasteiger partial charge in [-0.1, -0.05) is 16.9 Å². The number of hydrogen-bond donors (Lipinski definition) is 2. The van der Waals surface area contributed by atoms with E-state index >= 15 is 0 Å². The summed E-state index contributed by atoms with van der Waals surface area (Å²) in [6.45, 7) is 0.0415. The van der Waals surface area contributed by atoms with E-state index in [-0.39, 0.29) is 12.4 Å². The lowest BCUT2D eigenvalue weighted by molar-refractivity contribution is -0.133. The number of carboxylic acids is 1. The highest BCUT2D eigenvalue weighted by atomic mass is 32.2. The van der Waals surface area contributed by atoms with Crippen LogP contribution in [0.2, 0.25) is 0 Å². The first-order valence-electron chi connectivity index (χ1n) is 4.97. The van der Waals surface area contributed by atoms with Crippen molar-refractivity contribution in [1.29, 1.82) is 0 Å². The topological polar surface area (TPSA) is 114 Å². The summed E-state index contributed by atoms with van der Waals surface area (Å²) in [6.07, 6.45) is 1.43. The van der Waals surface area contributed by atoms with Gasteiger partial charge in [0, 0.05) is 6.07 Å². The van der Waals surface area contributed by atoms with Crippen molar-refractivity contribution in [2.75, 3.05) is 5.75 Å². The highest BCUT2D eigenvalue weighted by molar-refractivity contribution is 7.99. The van der Waals surface area contributed by atoms with Gasteiger partial charge in [0.1, 0.15) is 18.6 Å². The minimum atomic E-state index is -0.943. The van der Waals surface area contributed by atoms with Crippen LogP contribution in [0.15, 0.2) is 22.0 Å². The van der Waals surface area contributed by atoms with E-state index in [0.717, 1.165) is 11.8 Å². The molecule has 2 aromatic heterocycles. The van der Waals surface area contributed by atoms with Crippen molar-refractivity contribution in [3.63, 3.8) is 0 Å². The number of hydrogen-bond acceptors (Lipinski definition) is 7. The lowest BCUT2D eigenvalue weighted by atomic mass is 10.4. The Morgan fingerprint density at radius 1 is 1.50 bits per heavy atom. The minimum Gasteiger partial charge on any atom is -0.481 e. The summed E-state index contributed by atoms with van der Waals surface area (Å²) in [4.78, 5) is 10.5. The molecule has 18 heavy (non-hydrogen) atoms. The molecule has 8 nitrogen and oxygen atoms in total. The predicted molar refractivity (Wildman–Crippen MR) is 59.9 cm³/mol. The molecule has 0 aliphatic rings. The summed E-state index contributed by atoms with van der Waals surface area (Å²) in [5.74, 6) is -0.713. The zero-order valence-corrected chi connectivity index (χ0v) is 10.0. The lowest BCUT2D eigenvalue weighted by Crippen LogP contribution is -2.08. The molecule has 2 heterocycles. The van der Waals surface area contributed by atoms with E-state index in [0.29, 0.717) is 23.2 Å². The molecule has 0 saturated carbocycles. The van der Waals surface area contributed by atoms with Gasteiger partial charge < -0.3 is 14.7 Å². The summed E-state index contributed by atoms with van der Waals surface area (Å²) < 4.78 is 6.31. The number of aliphatic hydroxyl groups excluding tert-OH is 1. The van der Waals surface area contributed by atoms with E-state index in [1.807, 2.05) is 0 Å². The van der Waals surface area contributed by atoms with E-state index in [4.69, 9.17) is 14.7 Å². The van der Waals surface area contributed by atoms with Gasteiger partial charge in [-0.2, -0.15) is 0 Å². The lowest BCUT2D eigenvalue weighted by Gasteiger charge is -2.05. The molecule has 2 aromatic rings. The third kappa shape index (κ3) is 2.87. The van der Waals surface area contributed by atoms with Crippen molar-refractivity contribution >= 4 is 17.7 Å². The molecule has 9 heteroatoms. The standard InChI is InChI=1S/C9H10N4O4S/c14-4-7-10-11-9(18-5-8(15)16)13(7)3-6-1-2-17-12-6/h1-2,14H,3-5H2,(H,15,16). The Morgan fingerprint density at radius 2 is 2.33 bits per heavy atom. The maximum absolute atomic E-state index is 10.5. The van der Waals surface area contributed by atoms with E-state index < -0.39 is 5.97 Å². The SMILES string of the molecule is O=C(O)CSc1nnc(CO)n1Cc1ccon1. The van der Waals surface area contributed by atoms with Crippen molar-refractivity contribution in [3.05, 3.63) is 23.8 Å². The van der Waals surface area contributed by atoms with Gasteiger partial charge >= 0.3 is 5.97 Å². The van der Waals surface area contributed by atoms with E-state index in [1.54, 1.807) is 10.6 Å². The first-order valence-corrected chi connectivity index (χ1v) is 5.96. The van der Waals surface area contributed by atoms with E-state index in [1.165, 1.54) is 6.26 Å². The van der Waals surface area contributed by atoms with Crippen LogP contribution >= 0.6 is 11.8 Å². The normalized spacial score (nSPS) is 10.7. The summed E-state index contributed by atoms with van der Waals surface area (Å²) in [5.41, 5.74) is 0.640. The molecular formula is C9H10N4O4S. The first kappa shape index (κ1) is 12.6. The molecule has 0 radical (unpaired) electrons. The molecule has 0 fully saturated rings. The minimum absolute atomic E-state index is 0.123. The van der Waals surface area contributed by atoms with E-state index in [9.17, 15) is 4.79 Å². The Balaban J connectivity index is 2.19. The van der Waals surface area contributed by atoms with Gasteiger partial charge in [-0.3, -0.25) is 9.36 Å². The van der Waals surface area contributed by atoms with Crippen LogP contribution < -0.4 is 0 Å². The summed E-state index contributed by atoms with van der Waals surface area (Å²) in [6, 6.07) is 1.67. The first-order chi connectivity index (χ1) is 8.70. The van der Waals surface area contributed by atoms with E-state index in [2.05, 4.69) is 15.4 Å². The van der Waals surface area contributed by atoms with Crippen LogP contribution in [0, 0.1) is 0 Å². The molecule has 0 spiro atoms. The fraction of sp³-hybridized carbons (Fsp3) is 0.333. The molecule has 0 unspecified atom stereocenters. The van der Waals surface area contributed by atoms with Gasteiger partial charge in [-0.25, -0.2) is 0 Å². The van der Waals surface area contributed by atoms with Crippen molar-refractivity contribution in [2.45, 2.75) is 18.3 Å². The molecule has 0 atom stereocenters. The van der Waals surface area contributed by atoms with Gasteiger partial charge in [-0.05, 0) is 0 Å². The van der Waals surface area contributed by atoms with Gasteiger partial charge in [0.05, 0.1) is 12.3 Å². The quantitative estimate of drug-likeness (QED) is 0.704. The van der Waals surface area contributed by atoms with Crippen LogP contribution in [0.3, 0.4) is 0 Å². The summed E-state index contributed by atoms with van der Waals surface area (Å²) in [5, 5.41) is 29.6. The Kier molecular flexibility index (Phi) is 3.95. The van der Waals surface area contributed by atoms with Gasteiger partial charge in [0.2, 0.25) is 0 Å². The number of carbonyl (C=O) groups is 1. The second-order valence-corrected chi connectivity index (χ2v) is 4.26. The largest absolute Gasteiger partial charge is 0.481 e. The van der Waals surface area contributed by atoms with Crippen LogP contribution in [0.1, 0.15) is 11.5 Å². The number of aromatic nitrogens is 4. The van der Waals surface area contributed by atoms with Gasteiger partial charge in [-0.15, -0.1) is 10.2 Å². The number of nitrogens with zero attached hydrogens (tertiary/aromatic N) is 4. The molecule has 2 rings (SSSR count). The Hall–Kier alpha value is -1.87. The smallest absolute Gasteiger partial charge is 0.313 e. The number of carboxylic acid groups (broad SMARTS) is 1. The van der Waals surface area contributed by atoms with Gasteiger partial charge in [0.15, 0.2) is 11.0 Å². The average molecular weight is 270 g/mol. The fourth-order valence-corrected chi connectivity index (χ4v) is 1.99. The van der Waals surface area contributed by atoms with Crippen LogP contribution in [0.4, 0.5) is 0 Å². The second-order valence-electron chi connectivity index (χ2n) is 3.32. The molecule has 0 amide bonds. The Morgan fingerprint density at radius 3 is 2.94 bits per heavy atom. The van der Waals surface area contributed by atoms with Crippen LogP contribution in [0.25, 0.3) is 0 Å². The molecule has 0 aliphatic heterocycles. The number of aliphatic hydroxyl groups is 1. The number of aliphatic carboxylic acids is 1. The van der Waals surface area contributed by atoms with Crippen LogP contribution in [0.5, 0.6) is 0 Å². The van der Waals surface area contributed by atoms with Crippen molar-refractivity contribution in [2.24, 2.45) is 0 Å². The van der Waals surface area contributed by atoms with Crippen molar-refractivity contribution in [1.82, 2.24) is 19.9 Å². The highest BCUT2D eigenvalue weighted by Gasteiger charge is 2.14. The monoisotopic (exact) mass is 270 g/mol. The molecule has 2 N–H and O–H groups in total. The zero-order valence-electron chi connectivity index (χ0n) is 9.18. The highest BCUT2D eigenvalue weighted by Crippen LogP contribution is 2.18. The second kappa shape index (κ2) is 5.65. The maximum Gasteiger partial charge on any atom is 0.313 e. The van der Waals surface area contributed by atoms with Crippen molar-refractivity contribution in [3.8, 4) is 0 Å². The maximum atomic E-state index is 10.5. The summed E-state index contributed by atoms with van der Waals surface area (Å²) in [7, 11) is 0. The molecule has 0 aromatic carbocycles. The van der Waals surface area contributed by atoms with Gasteiger partial charge in [0.25, 0.3) is 0 Å². The Bertz CT molecular complexity index is 525. The zero-order chi connectivity index (χ0) is 13.0. The Labute approximate surface area is 106 Å². The third-order valence-electron chi connectivity index (χ3n) is 2.07. The average Bonchev–Trinajstić information content (AvgIpc) is 2.97. The van der Waals surface area contributed by atoms with Crippen LogP contribution in [-0.2, 0) is 17.9 Å². The van der Waals surface area contributed by atoms with Crippen molar-refractivity contribution < 1.29 is 19.5 Å². The molecular weight excluding hydrogens is 260 g/mol. The summed E-state index contributed by atoms with van der Waals surface area (Å²) >= 11 is 1.03. The molecule has 96 valence electrons.